The zero-order valence-electron chi connectivity index (χ0n) is 27.9. The van der Waals surface area contributed by atoms with Gasteiger partial charge in [0.25, 0.3) is 0 Å². The average molecular weight is 667 g/mol. The molecule has 0 radical (unpaired) electrons. The van der Waals surface area contributed by atoms with Crippen molar-refractivity contribution in [2.24, 2.45) is 11.8 Å². The number of halogens is 2. The highest BCUT2D eigenvalue weighted by Gasteiger charge is 2.50. The van der Waals surface area contributed by atoms with Crippen molar-refractivity contribution >= 4 is 33.6 Å². The number of pyridine rings is 1. The summed E-state index contributed by atoms with van der Waals surface area (Å²) in [5.41, 5.74) is 0.381. The lowest BCUT2D eigenvalue weighted by atomic mass is 9.95. The number of carbonyl (C=O) groups is 1. The molecular formula is C38H40F2N6O3. The fraction of sp³-hybridized carbons (Fsp3) is 0.474. The average Bonchev–Trinajstić information content (AvgIpc) is 3.78. The molecule has 4 fully saturated rings. The van der Waals surface area contributed by atoms with Crippen molar-refractivity contribution in [3.8, 4) is 29.6 Å². The highest BCUT2D eigenvalue weighted by atomic mass is 19.1. The smallest absolute Gasteiger partial charge is 0.409 e. The van der Waals surface area contributed by atoms with Gasteiger partial charge in [-0.3, -0.25) is 9.88 Å². The van der Waals surface area contributed by atoms with Crippen LogP contribution in [0.25, 0.3) is 32.9 Å². The number of ether oxygens (including phenoxy) is 2. The molecule has 2 unspecified atom stereocenters. The lowest BCUT2D eigenvalue weighted by Gasteiger charge is -2.35. The maximum atomic E-state index is 16.9. The van der Waals surface area contributed by atoms with Gasteiger partial charge in [-0.25, -0.2) is 13.6 Å². The summed E-state index contributed by atoms with van der Waals surface area (Å²) in [5, 5.41) is 1.64. The van der Waals surface area contributed by atoms with Crippen LogP contribution < -0.4 is 9.64 Å². The van der Waals surface area contributed by atoms with Gasteiger partial charge in [0.15, 0.2) is 5.82 Å². The number of aromatic nitrogens is 3. The maximum absolute atomic E-state index is 16.9. The molecule has 2 bridgehead atoms. The third kappa shape index (κ3) is 5.50. The van der Waals surface area contributed by atoms with Crippen LogP contribution in [0.2, 0.25) is 0 Å². The van der Waals surface area contributed by atoms with E-state index in [1.54, 1.807) is 38.5 Å². The van der Waals surface area contributed by atoms with E-state index in [-0.39, 0.29) is 40.5 Å². The van der Waals surface area contributed by atoms with Crippen molar-refractivity contribution in [3.63, 3.8) is 0 Å². The number of benzene rings is 2. The molecule has 3 aliphatic heterocycles. The molecule has 2 aromatic heterocycles. The van der Waals surface area contributed by atoms with Crippen molar-refractivity contribution in [1.29, 1.82) is 0 Å². The van der Waals surface area contributed by atoms with E-state index in [4.69, 9.17) is 25.9 Å². The molecule has 254 valence electrons. The fourth-order valence-corrected chi connectivity index (χ4v) is 8.87. The molecule has 0 spiro atoms. The first-order valence-corrected chi connectivity index (χ1v) is 17.3. The summed E-state index contributed by atoms with van der Waals surface area (Å²) in [6, 6.07) is 8.51. The highest BCUT2D eigenvalue weighted by molar-refractivity contribution is 6.02. The van der Waals surface area contributed by atoms with E-state index in [1.807, 2.05) is 6.07 Å². The van der Waals surface area contributed by atoms with Gasteiger partial charge in [0.05, 0.1) is 16.5 Å². The van der Waals surface area contributed by atoms with Crippen LogP contribution in [0, 0.1) is 35.8 Å². The van der Waals surface area contributed by atoms with Crippen molar-refractivity contribution in [1.82, 2.24) is 24.8 Å². The second kappa shape index (κ2) is 12.4. The number of hydrogen-bond donors (Lipinski definition) is 0. The second-order valence-electron chi connectivity index (χ2n) is 14.4. The molecule has 2 aromatic carbocycles. The van der Waals surface area contributed by atoms with Gasteiger partial charge in [-0.2, -0.15) is 9.97 Å². The summed E-state index contributed by atoms with van der Waals surface area (Å²) in [4.78, 5) is 32.5. The van der Waals surface area contributed by atoms with Crippen LogP contribution in [-0.2, 0) is 4.74 Å². The SMILES string of the molecule is C#Cc1c(F)ccc2cccc(-c3ncc4c(N5CC6CCC(C6)C5)nc(OC[C@]56CCCN5[C@@H](COC(=O)N(C)C)CC6)nc4c3F)c12. The van der Waals surface area contributed by atoms with Crippen molar-refractivity contribution in [3.05, 3.63) is 53.7 Å². The van der Waals surface area contributed by atoms with Crippen molar-refractivity contribution in [2.75, 3.05) is 51.8 Å². The molecule has 9 nitrogen and oxygen atoms in total. The number of rotatable bonds is 7. The molecule has 3 saturated heterocycles. The normalized spacial score (nSPS) is 24.7. The van der Waals surface area contributed by atoms with Crippen LogP contribution >= 0.6 is 0 Å². The van der Waals surface area contributed by atoms with Crippen LogP contribution in [-0.4, -0.2) is 89.4 Å². The third-order valence-electron chi connectivity index (χ3n) is 11.2. The van der Waals surface area contributed by atoms with Gasteiger partial charge in [-0.05, 0) is 74.8 Å². The number of piperidine rings is 1. The summed E-state index contributed by atoms with van der Waals surface area (Å²) in [7, 11) is 3.35. The summed E-state index contributed by atoms with van der Waals surface area (Å²) >= 11 is 0. The lowest BCUT2D eigenvalue weighted by Crippen LogP contribution is -2.48. The Hall–Kier alpha value is -4.56. The highest BCUT2D eigenvalue weighted by Crippen LogP contribution is 2.44. The van der Waals surface area contributed by atoms with Crippen LogP contribution in [0.5, 0.6) is 6.01 Å². The Morgan fingerprint density at radius 2 is 1.92 bits per heavy atom. The second-order valence-corrected chi connectivity index (χ2v) is 14.4. The number of carbonyl (C=O) groups excluding carboxylic acids is 1. The Kier molecular flexibility index (Phi) is 8.02. The molecule has 4 aliphatic rings. The molecule has 11 heteroatoms. The van der Waals surface area contributed by atoms with Gasteiger partial charge in [-0.15, -0.1) is 6.42 Å². The third-order valence-corrected chi connectivity index (χ3v) is 11.2. The van der Waals surface area contributed by atoms with E-state index in [0.717, 1.165) is 45.3 Å². The summed E-state index contributed by atoms with van der Waals surface area (Å²) in [6.45, 7) is 3.24. The summed E-state index contributed by atoms with van der Waals surface area (Å²) in [6.07, 6.45) is 14.3. The zero-order chi connectivity index (χ0) is 33.9. The molecule has 1 saturated carbocycles. The van der Waals surface area contributed by atoms with E-state index in [1.165, 1.54) is 30.2 Å². The maximum Gasteiger partial charge on any atom is 0.409 e. The first-order chi connectivity index (χ1) is 23.7. The summed E-state index contributed by atoms with van der Waals surface area (Å²) in [5.74, 6) is 3.05. The number of amides is 1. The molecule has 4 atom stereocenters. The minimum atomic E-state index is -0.630. The van der Waals surface area contributed by atoms with Gasteiger partial charge in [0.2, 0.25) is 0 Å². The number of nitrogens with zero attached hydrogens (tertiary/aromatic N) is 6. The van der Waals surface area contributed by atoms with Gasteiger partial charge >= 0.3 is 12.1 Å². The number of fused-ring (bicyclic) bond motifs is 5. The van der Waals surface area contributed by atoms with Crippen LogP contribution in [0.4, 0.5) is 19.4 Å². The molecule has 49 heavy (non-hydrogen) atoms. The Labute approximate surface area is 284 Å². The van der Waals surface area contributed by atoms with E-state index in [2.05, 4.69) is 20.7 Å². The minimum absolute atomic E-state index is 0.0426. The van der Waals surface area contributed by atoms with Crippen LogP contribution in [0.3, 0.4) is 0 Å². The van der Waals surface area contributed by atoms with Gasteiger partial charge in [0, 0.05) is 50.4 Å². The first kappa shape index (κ1) is 31.7. The van der Waals surface area contributed by atoms with Crippen LogP contribution in [0.1, 0.15) is 50.5 Å². The van der Waals surface area contributed by atoms with Gasteiger partial charge in [0.1, 0.15) is 36.1 Å². The largest absolute Gasteiger partial charge is 0.461 e. The van der Waals surface area contributed by atoms with Gasteiger partial charge in [-0.1, -0.05) is 30.2 Å². The standard InChI is InChI=1S/C38H40F2N6O3/c1-4-27-30(39)12-11-25-7-5-8-28(31(25)27)33-32(40)34-29(18-41-33)35(45-19-23-9-10-24(17-23)20-45)43-36(42-34)49-22-38-14-6-16-46(38)26(13-15-38)21-48-37(47)44(2)3/h1,5,7-8,11-12,18,23-24,26H,6,9-10,13-17,19-22H2,2-3H3/t23?,24?,26-,38-/m1/s1. The molecule has 0 N–H and O–H groups in total. The van der Waals surface area contributed by atoms with E-state index < -0.39 is 11.6 Å². The molecule has 5 heterocycles. The first-order valence-electron chi connectivity index (χ1n) is 17.3. The van der Waals surface area contributed by atoms with Gasteiger partial charge < -0.3 is 19.3 Å². The van der Waals surface area contributed by atoms with Crippen molar-refractivity contribution in [2.45, 2.75) is 56.5 Å². The van der Waals surface area contributed by atoms with E-state index in [9.17, 15) is 9.18 Å². The lowest BCUT2D eigenvalue weighted by molar-refractivity contribution is 0.0484. The minimum Gasteiger partial charge on any atom is -0.461 e. The monoisotopic (exact) mass is 666 g/mol. The number of terminal acetylenes is 1. The fourth-order valence-electron chi connectivity index (χ4n) is 8.87. The van der Waals surface area contributed by atoms with Crippen LogP contribution in [0.15, 0.2) is 36.5 Å². The predicted molar refractivity (Wildman–Crippen MR) is 183 cm³/mol. The Balaban J connectivity index is 1.17. The van der Waals surface area contributed by atoms with E-state index >= 15 is 4.39 Å². The predicted octanol–water partition coefficient (Wildman–Crippen LogP) is 6.41. The number of hydrogen-bond acceptors (Lipinski definition) is 8. The molecular weight excluding hydrogens is 626 g/mol. The Morgan fingerprint density at radius 3 is 2.69 bits per heavy atom. The zero-order valence-corrected chi connectivity index (χ0v) is 27.9. The summed E-state index contributed by atoms with van der Waals surface area (Å²) < 4.78 is 43.8. The molecule has 1 amide bonds. The molecule has 4 aromatic rings. The topological polar surface area (TPSA) is 83.9 Å². The van der Waals surface area contributed by atoms with E-state index in [0.29, 0.717) is 52.6 Å². The Morgan fingerprint density at radius 1 is 1.10 bits per heavy atom. The Bertz CT molecular complexity index is 1990. The quantitative estimate of drug-likeness (QED) is 0.209. The molecule has 8 rings (SSSR count). The number of anilines is 1. The molecule has 1 aliphatic carbocycles. The van der Waals surface area contributed by atoms with Crippen molar-refractivity contribution < 1.29 is 23.0 Å².